The lowest BCUT2D eigenvalue weighted by Gasteiger charge is -2.26. The Morgan fingerprint density at radius 1 is 0.563 bits per heavy atom. The summed E-state index contributed by atoms with van der Waals surface area (Å²) in [5, 5.41) is 1.87. The van der Waals surface area contributed by atoms with E-state index in [1.807, 2.05) is 24.3 Å². The van der Waals surface area contributed by atoms with Crippen LogP contribution in [0.4, 0.5) is 17.6 Å². The maximum absolute atomic E-state index is 14.1. The van der Waals surface area contributed by atoms with Gasteiger partial charge in [-0.05, 0) is 90.0 Å². The molecule has 2 aromatic heterocycles. The van der Waals surface area contributed by atoms with Gasteiger partial charge in [0, 0.05) is 94.5 Å². The van der Waals surface area contributed by atoms with Crippen molar-refractivity contribution in [2.24, 2.45) is 5.92 Å². The van der Waals surface area contributed by atoms with Crippen molar-refractivity contribution in [2.75, 3.05) is 105 Å². The lowest BCUT2D eigenvalue weighted by molar-refractivity contribution is -0.137. The van der Waals surface area contributed by atoms with Crippen LogP contribution in [0.2, 0.25) is 5.02 Å². The van der Waals surface area contributed by atoms with E-state index in [9.17, 15) is 27.2 Å². The number of ether oxygens (including phenoxy) is 10. The van der Waals surface area contributed by atoms with Crippen molar-refractivity contribution in [1.82, 2.24) is 19.8 Å². The summed E-state index contributed by atoms with van der Waals surface area (Å²) < 4.78 is 113. The summed E-state index contributed by atoms with van der Waals surface area (Å²) in [6, 6.07) is 21.5. The van der Waals surface area contributed by atoms with Crippen molar-refractivity contribution in [3.05, 3.63) is 130 Å². The Hall–Kier alpha value is -7.49. The molecule has 5 aliphatic rings. The van der Waals surface area contributed by atoms with Crippen molar-refractivity contribution in [2.45, 2.75) is 70.4 Å². The van der Waals surface area contributed by atoms with E-state index in [0.29, 0.717) is 155 Å². The van der Waals surface area contributed by atoms with E-state index in [0.717, 1.165) is 108 Å². The first kappa shape index (κ1) is 61.2. The summed E-state index contributed by atoms with van der Waals surface area (Å²) in [4.78, 5) is 39.1. The summed E-state index contributed by atoms with van der Waals surface area (Å²) in [5.41, 5.74) is 1.44. The van der Waals surface area contributed by atoms with Crippen molar-refractivity contribution >= 4 is 45.0 Å². The number of pyridine rings is 2. The molecule has 0 radical (unpaired) electrons. The fourth-order valence-corrected chi connectivity index (χ4v) is 11.6. The summed E-state index contributed by atoms with van der Waals surface area (Å²) in [6.45, 7) is 11.3. The van der Waals surface area contributed by atoms with Gasteiger partial charge in [0.15, 0.2) is 23.0 Å². The van der Waals surface area contributed by atoms with E-state index in [1.54, 1.807) is 54.9 Å². The van der Waals surface area contributed by atoms with Crippen LogP contribution in [0, 0.1) is 11.7 Å². The molecule has 12 rings (SSSR count). The second-order valence-corrected chi connectivity index (χ2v) is 22.5. The zero-order valence-electron chi connectivity index (χ0n) is 48.3. The summed E-state index contributed by atoms with van der Waals surface area (Å²) in [7, 11) is 0. The maximum atomic E-state index is 14.1. The van der Waals surface area contributed by atoms with Crippen LogP contribution in [0.3, 0.4) is 0 Å². The van der Waals surface area contributed by atoms with Gasteiger partial charge in [0.1, 0.15) is 66.8 Å². The Bertz CT molecular complexity index is 3520. The predicted molar refractivity (Wildman–Crippen MR) is 317 cm³/mol. The van der Waals surface area contributed by atoms with Gasteiger partial charge in [-0.15, -0.1) is 0 Å². The van der Waals surface area contributed by atoms with Crippen LogP contribution in [-0.2, 0) is 44.5 Å². The number of aromatic nitrogens is 2. The van der Waals surface area contributed by atoms with E-state index in [2.05, 4.69) is 19.8 Å². The summed E-state index contributed by atoms with van der Waals surface area (Å²) in [5.74, 6) is 4.90. The number of Topliss-reactive ketones (excluding diaryl/α,β-unsaturated/α-hetero) is 2. The first-order valence-corrected chi connectivity index (χ1v) is 30.2. The summed E-state index contributed by atoms with van der Waals surface area (Å²) >= 11 is 6.61. The van der Waals surface area contributed by atoms with Crippen LogP contribution in [0.15, 0.2) is 97.3 Å². The standard InChI is InChI=1S/C34H32F4N2O6.C32H37ClN2O6/c35-27-7-4-24(34(36,37)38)19-23(27)20-25(41)18-22-2-5-26(6-3-22)46-29-8-9-39-28-21-30(32-33(31(28)29)45-17-16-44-32)43-13-1-10-40-11-14-42-15-12-40;33-26-20-25(7-6-23(26)19-24(36)18-22-4-1-2-5-22)41-28-8-9-34-27-21-29(31-32(30(27)28)40-17-16-39-31)38-13-3-10-35-11-14-37-15-12-35/h2-9,19,21H,1,10-18,20H2;6-9,20-22H,1-5,10-19H2. The molecular weight excluding hydrogens is 1150 g/mol. The number of halogens is 5. The average Bonchev–Trinajstić information content (AvgIpc) is 1.06. The second kappa shape index (κ2) is 29.0. The number of hydrogen-bond acceptors (Lipinski definition) is 16. The van der Waals surface area contributed by atoms with E-state index in [4.69, 9.17) is 59.0 Å². The van der Waals surface area contributed by atoms with E-state index >= 15 is 0 Å². The molecule has 87 heavy (non-hydrogen) atoms. The van der Waals surface area contributed by atoms with E-state index in [-0.39, 0.29) is 17.8 Å². The number of nitrogens with zero attached hydrogens (tertiary/aromatic N) is 4. The normalized spacial score (nSPS) is 16.3. The molecule has 2 saturated heterocycles. The molecule has 16 nitrogen and oxygen atoms in total. The molecule has 7 aromatic rings. The van der Waals surface area contributed by atoms with Gasteiger partial charge < -0.3 is 47.4 Å². The second-order valence-electron chi connectivity index (χ2n) is 22.0. The van der Waals surface area contributed by atoms with Crippen LogP contribution >= 0.6 is 11.6 Å². The number of morpholine rings is 2. The Balaban J connectivity index is 0.000000181. The first-order chi connectivity index (χ1) is 42.4. The molecule has 0 spiro atoms. The third kappa shape index (κ3) is 16.0. The minimum absolute atomic E-state index is 0.0813. The molecule has 0 atom stereocenters. The number of alkyl halides is 3. The lowest BCUT2D eigenvalue weighted by Crippen LogP contribution is -2.37. The SMILES string of the molecule is O=C(Cc1ccc(Oc2ccnc3cc(OCCCN4CCOCC4)c4c(c23)OCCO4)cc1)Cc1cc(C(F)(F)F)ccc1F.O=C(Cc1ccc(Oc2ccnc3cc(OCCCN4CCOCC4)c4c(c23)OCCO4)cc1Cl)CC1CCCC1. The number of hydrogen-bond donors (Lipinski definition) is 0. The highest BCUT2D eigenvalue weighted by atomic mass is 35.5. The van der Waals surface area contributed by atoms with Crippen molar-refractivity contribution in [3.63, 3.8) is 0 Å². The third-order valence-corrected chi connectivity index (χ3v) is 16.1. The van der Waals surface area contributed by atoms with Crippen LogP contribution < -0.4 is 37.9 Å². The zero-order valence-corrected chi connectivity index (χ0v) is 49.0. The van der Waals surface area contributed by atoms with Gasteiger partial charge in [0.25, 0.3) is 0 Å². The van der Waals surface area contributed by atoms with Crippen molar-refractivity contribution in [3.8, 4) is 57.5 Å². The van der Waals surface area contributed by atoms with Gasteiger partial charge in [0.05, 0.1) is 67.0 Å². The fraction of sp³-hybridized carbons (Fsp3) is 0.424. The van der Waals surface area contributed by atoms with Gasteiger partial charge in [-0.3, -0.25) is 29.4 Å². The van der Waals surface area contributed by atoms with Crippen LogP contribution in [0.1, 0.15) is 67.2 Å². The fourth-order valence-electron chi connectivity index (χ4n) is 11.4. The Morgan fingerprint density at radius 3 is 1.62 bits per heavy atom. The molecule has 6 heterocycles. The van der Waals surface area contributed by atoms with Crippen molar-refractivity contribution in [1.29, 1.82) is 0 Å². The highest BCUT2D eigenvalue weighted by Crippen LogP contribution is 2.50. The number of carbonyl (C=O) groups is 2. The van der Waals surface area contributed by atoms with E-state index in [1.165, 1.54) is 12.8 Å². The van der Waals surface area contributed by atoms with Crippen LogP contribution in [-0.4, -0.2) is 137 Å². The smallest absolute Gasteiger partial charge is 0.416 e. The molecule has 0 bridgehead atoms. The molecule has 0 N–H and O–H groups in total. The average molecular weight is 1220 g/mol. The maximum Gasteiger partial charge on any atom is 0.416 e. The minimum Gasteiger partial charge on any atom is -0.489 e. The van der Waals surface area contributed by atoms with Crippen molar-refractivity contribution < 1.29 is 74.5 Å². The highest BCUT2D eigenvalue weighted by Gasteiger charge is 2.32. The van der Waals surface area contributed by atoms with Crippen LogP contribution in [0.25, 0.3) is 21.8 Å². The topological polar surface area (TPSA) is 159 Å². The molecular formula is C66H69ClF4N4O12. The van der Waals surface area contributed by atoms with Gasteiger partial charge in [-0.2, -0.15) is 13.2 Å². The molecule has 1 aliphatic carbocycles. The summed E-state index contributed by atoms with van der Waals surface area (Å²) in [6.07, 6.45) is 5.68. The Kier molecular flexibility index (Phi) is 20.4. The first-order valence-electron chi connectivity index (χ1n) is 29.8. The molecule has 5 aromatic carbocycles. The number of benzene rings is 5. The molecule has 0 amide bonds. The Labute approximate surface area is 506 Å². The number of fused-ring (bicyclic) bond motifs is 6. The highest BCUT2D eigenvalue weighted by molar-refractivity contribution is 6.31. The van der Waals surface area contributed by atoms with Gasteiger partial charge >= 0.3 is 6.18 Å². The predicted octanol–water partition coefficient (Wildman–Crippen LogP) is 12.7. The number of rotatable bonds is 22. The molecule has 1 saturated carbocycles. The monoisotopic (exact) mass is 1220 g/mol. The van der Waals surface area contributed by atoms with Gasteiger partial charge in [0.2, 0.25) is 11.5 Å². The molecule has 21 heteroatoms. The zero-order chi connectivity index (χ0) is 60.1. The quantitative estimate of drug-likeness (QED) is 0.0466. The molecule has 3 fully saturated rings. The van der Waals surface area contributed by atoms with Gasteiger partial charge in [-0.1, -0.05) is 55.5 Å². The minimum atomic E-state index is -4.63. The number of ketones is 2. The van der Waals surface area contributed by atoms with Crippen LogP contribution in [0.5, 0.6) is 57.5 Å². The van der Waals surface area contributed by atoms with E-state index < -0.39 is 29.8 Å². The largest absolute Gasteiger partial charge is 0.489 e. The third-order valence-electron chi connectivity index (χ3n) is 15.8. The Morgan fingerprint density at radius 2 is 1.08 bits per heavy atom. The van der Waals surface area contributed by atoms with Gasteiger partial charge in [-0.25, -0.2) is 4.39 Å². The molecule has 4 aliphatic heterocycles. The lowest BCUT2D eigenvalue weighted by atomic mass is 9.97. The molecule has 0 unspecified atom stereocenters. The number of carbonyl (C=O) groups excluding carboxylic acids is 2. The molecule has 460 valence electrons.